The van der Waals surface area contributed by atoms with Gasteiger partial charge in [0.2, 0.25) is 0 Å². The van der Waals surface area contributed by atoms with Gasteiger partial charge in [0, 0.05) is 38.6 Å². The van der Waals surface area contributed by atoms with E-state index in [0.29, 0.717) is 17.1 Å². The lowest BCUT2D eigenvalue weighted by atomic mass is 9.98. The van der Waals surface area contributed by atoms with E-state index in [0.717, 1.165) is 91.7 Å². The fourth-order valence-electron chi connectivity index (χ4n) is 7.48. The highest BCUT2D eigenvalue weighted by atomic mass is 32.1. The molecule has 7 aromatic rings. The first-order valence-electron chi connectivity index (χ1n) is 15.2. The molecule has 2 aliphatic carbocycles. The topological polar surface area (TPSA) is 61.2 Å². The Balaban J connectivity index is 1.47. The standard InChI is InChI=1S/C40H21N5S2/c1-20(2)19-45-35-33-27-15-23-11-7-5-9-21(23)13-25(27)31(29(17-41)43-3)37(33)46-39(35)40-36(45)34-28-16-24-12-8-6-10-22(24)14-26(28)32(38(34)47-40)30(18-42)44-4/h5-16,20H,19H2,1-2H3/b31-29-,32-30+. The molecule has 0 radical (unpaired) electrons. The summed E-state index contributed by atoms with van der Waals surface area (Å²) >= 11 is 3.30. The number of nitriles is 2. The summed E-state index contributed by atoms with van der Waals surface area (Å²) in [6, 6.07) is 29.5. The quantitative estimate of drug-likeness (QED) is 0.140. The van der Waals surface area contributed by atoms with Gasteiger partial charge in [-0.1, -0.05) is 62.4 Å². The maximum atomic E-state index is 10.1. The van der Waals surface area contributed by atoms with Gasteiger partial charge in [0.05, 0.1) is 45.7 Å². The van der Waals surface area contributed by atoms with E-state index < -0.39 is 0 Å². The zero-order valence-corrected chi connectivity index (χ0v) is 26.9. The second-order valence-corrected chi connectivity index (χ2v) is 14.4. The van der Waals surface area contributed by atoms with Crippen molar-refractivity contribution in [2.24, 2.45) is 5.92 Å². The number of hydrogen-bond donors (Lipinski definition) is 0. The molecule has 47 heavy (non-hydrogen) atoms. The van der Waals surface area contributed by atoms with Crippen molar-refractivity contribution in [3.63, 3.8) is 0 Å². The van der Waals surface area contributed by atoms with Gasteiger partial charge in [0.25, 0.3) is 11.4 Å². The van der Waals surface area contributed by atoms with Gasteiger partial charge in [-0.25, -0.2) is 20.2 Å². The molecule has 0 bridgehead atoms. The van der Waals surface area contributed by atoms with Gasteiger partial charge < -0.3 is 4.57 Å². The Morgan fingerprint density at radius 3 is 1.40 bits per heavy atom. The molecule has 0 atom stereocenters. The van der Waals surface area contributed by atoms with Crippen LogP contribution in [0.5, 0.6) is 0 Å². The summed E-state index contributed by atoms with van der Waals surface area (Å²) in [5.74, 6) is 0.329. The molecule has 2 aliphatic rings. The number of allylic oxidation sites excluding steroid dienone is 2. The van der Waals surface area contributed by atoms with E-state index in [9.17, 15) is 10.5 Å². The predicted molar refractivity (Wildman–Crippen MR) is 192 cm³/mol. The minimum absolute atomic E-state index is 0.103. The number of benzene rings is 4. The average Bonchev–Trinajstić information content (AvgIpc) is 3.85. The molecule has 3 heterocycles. The summed E-state index contributed by atoms with van der Waals surface area (Å²) in [6.45, 7) is 21.0. The van der Waals surface area contributed by atoms with Gasteiger partial charge in [0.15, 0.2) is 0 Å². The van der Waals surface area contributed by atoms with Crippen LogP contribution < -0.4 is 0 Å². The average molecular weight is 636 g/mol. The van der Waals surface area contributed by atoms with E-state index in [1.165, 1.54) is 0 Å². The minimum atomic E-state index is 0.103. The zero-order valence-electron chi connectivity index (χ0n) is 25.3. The van der Waals surface area contributed by atoms with Gasteiger partial charge in [-0.2, -0.15) is 0 Å². The molecular formula is C40H21N5S2. The number of rotatable bonds is 2. The zero-order chi connectivity index (χ0) is 32.1. The van der Waals surface area contributed by atoms with Crippen LogP contribution in [0.3, 0.4) is 0 Å². The molecule has 0 saturated heterocycles. The maximum Gasteiger partial charge on any atom is 0.271 e. The fourth-order valence-corrected chi connectivity index (χ4v) is 10.4. The van der Waals surface area contributed by atoms with Crippen LogP contribution in [0.15, 0.2) is 84.2 Å². The Morgan fingerprint density at radius 2 is 1.06 bits per heavy atom. The van der Waals surface area contributed by atoms with Crippen molar-refractivity contribution in [3.05, 3.63) is 128 Å². The SMILES string of the molecule is [C-]#[N+]/C(C#N)=C1/c2cc3ccccc3cc2-c2c1sc1c3sc4c(c3n(CC(C)C)c21)-c1cc2ccccc2cc1/C4=C(/C#N)[N+]#[C-]. The monoisotopic (exact) mass is 635 g/mol. The van der Waals surface area contributed by atoms with Crippen molar-refractivity contribution < 1.29 is 0 Å². The molecule has 0 aliphatic heterocycles. The molecule has 9 rings (SSSR count). The lowest BCUT2D eigenvalue weighted by Crippen LogP contribution is -2.04. The molecule has 0 spiro atoms. The second kappa shape index (κ2) is 9.77. The number of hydrogen-bond acceptors (Lipinski definition) is 4. The van der Waals surface area contributed by atoms with E-state index in [-0.39, 0.29) is 11.4 Å². The smallest absolute Gasteiger partial charge is 0.271 e. The first kappa shape index (κ1) is 27.4. The Kier molecular flexibility index (Phi) is 5.69. The summed E-state index contributed by atoms with van der Waals surface area (Å²) in [4.78, 5) is 9.32. The summed E-state index contributed by atoms with van der Waals surface area (Å²) in [6.07, 6.45) is 0. The van der Waals surface area contributed by atoms with Crippen molar-refractivity contribution in [1.29, 1.82) is 10.5 Å². The molecule has 0 unspecified atom stereocenters. The number of nitrogens with zero attached hydrogens (tertiary/aromatic N) is 5. The van der Waals surface area contributed by atoms with Gasteiger partial charge in [-0.3, -0.25) is 0 Å². The molecule has 0 amide bonds. The molecular weight excluding hydrogens is 615 g/mol. The van der Waals surface area contributed by atoms with Gasteiger partial charge >= 0.3 is 0 Å². The van der Waals surface area contributed by atoms with Crippen LogP contribution in [-0.4, -0.2) is 4.57 Å². The highest BCUT2D eigenvalue weighted by Gasteiger charge is 2.38. The molecule has 218 valence electrons. The third-order valence-electron chi connectivity index (χ3n) is 9.27. The minimum Gasteiger partial charge on any atom is -0.338 e. The normalized spacial score (nSPS) is 14.9. The van der Waals surface area contributed by atoms with Crippen molar-refractivity contribution in [2.75, 3.05) is 0 Å². The van der Waals surface area contributed by atoms with Crippen molar-refractivity contribution in [3.8, 4) is 34.4 Å². The van der Waals surface area contributed by atoms with Gasteiger partial charge in [-0.15, -0.1) is 22.7 Å². The third kappa shape index (κ3) is 3.53. The Morgan fingerprint density at radius 1 is 0.681 bits per heavy atom. The summed E-state index contributed by atoms with van der Waals surface area (Å²) in [5, 5.41) is 24.6. The number of thiophene rings is 2. The van der Waals surface area contributed by atoms with Crippen molar-refractivity contribution in [1.82, 2.24) is 4.57 Å². The first-order valence-corrected chi connectivity index (χ1v) is 16.8. The third-order valence-corrected chi connectivity index (χ3v) is 11.8. The molecule has 5 nitrogen and oxygen atoms in total. The lowest BCUT2D eigenvalue weighted by Gasteiger charge is -2.13. The van der Waals surface area contributed by atoms with E-state index in [1.54, 1.807) is 22.7 Å². The van der Waals surface area contributed by atoms with Crippen LogP contribution in [0, 0.1) is 41.7 Å². The fraction of sp³-hybridized carbons (Fsp3) is 0.100. The summed E-state index contributed by atoms with van der Waals surface area (Å²) in [7, 11) is 0. The largest absolute Gasteiger partial charge is 0.338 e. The first-order chi connectivity index (χ1) is 23.0. The number of aromatic nitrogens is 1. The van der Waals surface area contributed by atoms with Crippen molar-refractivity contribution >= 4 is 75.8 Å². The highest BCUT2D eigenvalue weighted by Crippen LogP contribution is 2.61. The molecule has 0 N–H and O–H groups in total. The van der Waals surface area contributed by atoms with Crippen LogP contribution in [-0.2, 0) is 6.54 Å². The van der Waals surface area contributed by atoms with Gasteiger partial charge in [-0.05, 0) is 74.0 Å². The predicted octanol–water partition coefficient (Wildman–Crippen LogP) is 11.2. The molecule has 0 fully saturated rings. The maximum absolute atomic E-state index is 10.1. The van der Waals surface area contributed by atoms with E-state index in [2.05, 4.69) is 88.8 Å². The van der Waals surface area contributed by atoms with E-state index >= 15 is 0 Å². The van der Waals surface area contributed by atoms with E-state index in [1.807, 2.05) is 24.3 Å². The lowest BCUT2D eigenvalue weighted by molar-refractivity contribution is 0.546. The highest BCUT2D eigenvalue weighted by molar-refractivity contribution is 7.29. The molecule has 4 aromatic carbocycles. The summed E-state index contributed by atoms with van der Waals surface area (Å²) in [5.41, 5.74) is 10.0. The van der Waals surface area contributed by atoms with E-state index in [4.69, 9.17) is 13.1 Å². The Hall–Kier alpha value is -5.96. The Labute approximate surface area is 278 Å². The molecule has 0 saturated carbocycles. The van der Waals surface area contributed by atoms with Crippen LogP contribution in [0.2, 0.25) is 0 Å². The second-order valence-electron chi connectivity index (χ2n) is 12.4. The Bertz CT molecular complexity index is 2620. The van der Waals surface area contributed by atoms with Crippen LogP contribution in [0.4, 0.5) is 0 Å². The van der Waals surface area contributed by atoms with Crippen LogP contribution in [0.25, 0.3) is 85.1 Å². The summed E-state index contributed by atoms with van der Waals surface area (Å²) < 4.78 is 4.68. The van der Waals surface area contributed by atoms with Crippen LogP contribution in [0.1, 0.15) is 34.7 Å². The van der Waals surface area contributed by atoms with Crippen molar-refractivity contribution in [2.45, 2.75) is 20.4 Å². The number of fused-ring (bicyclic) bond motifs is 13. The van der Waals surface area contributed by atoms with Crippen LogP contribution >= 0.6 is 22.7 Å². The molecule has 3 aromatic heterocycles. The molecule has 7 heteroatoms. The van der Waals surface area contributed by atoms with Gasteiger partial charge in [0.1, 0.15) is 0 Å².